The zero-order valence-electron chi connectivity index (χ0n) is 18.9. The molecule has 4 rings (SSSR count). The van der Waals surface area contributed by atoms with Gasteiger partial charge in [-0.15, -0.1) is 0 Å². The van der Waals surface area contributed by atoms with Crippen molar-refractivity contribution in [3.8, 4) is 17.2 Å². The van der Waals surface area contributed by atoms with Crippen LogP contribution in [0.1, 0.15) is 18.5 Å². The van der Waals surface area contributed by atoms with Crippen molar-refractivity contribution < 1.29 is 27.4 Å². The van der Waals surface area contributed by atoms with Gasteiger partial charge in [0.2, 0.25) is 5.91 Å². The van der Waals surface area contributed by atoms with Crippen LogP contribution in [-0.4, -0.2) is 41.2 Å². The van der Waals surface area contributed by atoms with Crippen molar-refractivity contribution in [3.05, 3.63) is 78.4 Å². The van der Waals surface area contributed by atoms with E-state index in [0.29, 0.717) is 36.1 Å². The molecule has 1 aliphatic heterocycles. The maximum Gasteiger partial charge on any atom is 0.264 e. The van der Waals surface area contributed by atoms with Gasteiger partial charge < -0.3 is 19.5 Å². The Morgan fingerprint density at radius 1 is 1.00 bits per heavy atom. The highest BCUT2D eigenvalue weighted by Gasteiger charge is 2.29. The number of benzene rings is 3. The Kier molecular flexibility index (Phi) is 6.93. The van der Waals surface area contributed by atoms with Crippen LogP contribution in [0, 0.1) is 0 Å². The van der Waals surface area contributed by atoms with Gasteiger partial charge in [0.15, 0.2) is 11.5 Å². The molecule has 1 atom stereocenters. The van der Waals surface area contributed by atoms with Crippen LogP contribution < -0.4 is 23.8 Å². The minimum atomic E-state index is -4.04. The Morgan fingerprint density at radius 3 is 2.41 bits per heavy atom. The van der Waals surface area contributed by atoms with E-state index in [9.17, 15) is 13.2 Å². The van der Waals surface area contributed by atoms with Crippen LogP contribution in [0.5, 0.6) is 17.2 Å². The normalized spacial score (nSPS) is 13.6. The molecule has 9 heteroatoms. The van der Waals surface area contributed by atoms with Crippen molar-refractivity contribution in [2.24, 2.45) is 0 Å². The fraction of sp³-hybridized carbons (Fsp3) is 0.240. The fourth-order valence-electron chi connectivity index (χ4n) is 3.74. The van der Waals surface area contributed by atoms with Crippen molar-refractivity contribution in [2.75, 3.05) is 31.2 Å². The number of anilines is 1. The van der Waals surface area contributed by atoms with E-state index in [4.69, 9.17) is 14.2 Å². The lowest BCUT2D eigenvalue weighted by Gasteiger charge is -2.27. The number of methoxy groups -OCH3 is 1. The third kappa shape index (κ3) is 4.94. The Hall–Kier alpha value is -3.72. The average molecular weight is 483 g/mol. The lowest BCUT2D eigenvalue weighted by molar-refractivity contribution is -0.120. The molecule has 1 amide bonds. The van der Waals surface area contributed by atoms with Crippen molar-refractivity contribution in [3.63, 3.8) is 0 Å². The summed E-state index contributed by atoms with van der Waals surface area (Å²) in [5.41, 5.74) is 1.09. The zero-order valence-corrected chi connectivity index (χ0v) is 19.7. The van der Waals surface area contributed by atoms with Gasteiger partial charge in [0.25, 0.3) is 10.0 Å². The van der Waals surface area contributed by atoms with E-state index in [1.807, 2.05) is 25.1 Å². The van der Waals surface area contributed by atoms with E-state index in [2.05, 4.69) is 5.32 Å². The molecule has 0 bridgehead atoms. The molecule has 0 saturated heterocycles. The molecule has 0 radical (unpaired) electrons. The summed E-state index contributed by atoms with van der Waals surface area (Å²) >= 11 is 0. The molecule has 0 saturated carbocycles. The number of rotatable bonds is 8. The Labute approximate surface area is 199 Å². The zero-order chi connectivity index (χ0) is 24.1. The topological polar surface area (TPSA) is 94.2 Å². The molecule has 34 heavy (non-hydrogen) atoms. The first-order chi connectivity index (χ1) is 16.4. The molecule has 1 heterocycles. The lowest BCUT2D eigenvalue weighted by Crippen LogP contribution is -2.41. The second-order valence-electron chi connectivity index (χ2n) is 7.68. The van der Waals surface area contributed by atoms with Crippen LogP contribution in [0.4, 0.5) is 5.69 Å². The van der Waals surface area contributed by atoms with Gasteiger partial charge in [-0.25, -0.2) is 8.42 Å². The van der Waals surface area contributed by atoms with Gasteiger partial charge in [-0.2, -0.15) is 0 Å². The fourth-order valence-corrected chi connectivity index (χ4v) is 5.18. The predicted octanol–water partition coefficient (Wildman–Crippen LogP) is 3.54. The number of sulfonamides is 1. The van der Waals surface area contributed by atoms with Crippen LogP contribution in [0.2, 0.25) is 0 Å². The second-order valence-corrected chi connectivity index (χ2v) is 9.55. The predicted molar refractivity (Wildman–Crippen MR) is 128 cm³/mol. The molecule has 1 aliphatic rings. The Balaban J connectivity index is 1.64. The van der Waals surface area contributed by atoms with E-state index in [1.165, 1.54) is 12.1 Å². The summed E-state index contributed by atoms with van der Waals surface area (Å²) in [7, 11) is -2.48. The highest BCUT2D eigenvalue weighted by atomic mass is 32.2. The number of nitrogens with one attached hydrogen (secondary N) is 1. The molecule has 1 N–H and O–H groups in total. The molecule has 0 unspecified atom stereocenters. The molecule has 8 nitrogen and oxygen atoms in total. The van der Waals surface area contributed by atoms with Crippen LogP contribution >= 0.6 is 0 Å². The first-order valence-corrected chi connectivity index (χ1v) is 12.2. The summed E-state index contributed by atoms with van der Waals surface area (Å²) < 4.78 is 44.7. The summed E-state index contributed by atoms with van der Waals surface area (Å²) in [5, 5.41) is 2.88. The third-order valence-corrected chi connectivity index (χ3v) is 7.20. The molecular formula is C25H26N2O6S. The molecule has 0 fully saturated rings. The smallest absolute Gasteiger partial charge is 0.264 e. The molecule has 0 aliphatic carbocycles. The van der Waals surface area contributed by atoms with Crippen molar-refractivity contribution in [2.45, 2.75) is 17.9 Å². The Morgan fingerprint density at radius 2 is 1.68 bits per heavy atom. The molecular weight excluding hydrogens is 456 g/mol. The van der Waals surface area contributed by atoms with Crippen molar-refractivity contribution in [1.29, 1.82) is 0 Å². The van der Waals surface area contributed by atoms with Crippen LogP contribution in [-0.2, 0) is 14.8 Å². The van der Waals surface area contributed by atoms with Crippen molar-refractivity contribution in [1.82, 2.24) is 5.32 Å². The summed E-state index contributed by atoms with van der Waals surface area (Å²) in [6.07, 6.45) is 0. The van der Waals surface area contributed by atoms with E-state index in [1.54, 1.807) is 49.6 Å². The van der Waals surface area contributed by atoms with Crippen LogP contribution in [0.15, 0.2) is 77.7 Å². The van der Waals surface area contributed by atoms with Crippen molar-refractivity contribution >= 4 is 21.6 Å². The molecule has 0 spiro atoms. The van der Waals surface area contributed by atoms with E-state index >= 15 is 0 Å². The molecule has 178 valence electrons. The van der Waals surface area contributed by atoms with E-state index in [0.717, 1.165) is 9.87 Å². The highest BCUT2D eigenvalue weighted by Crippen LogP contribution is 2.35. The minimum absolute atomic E-state index is 0.0791. The average Bonchev–Trinajstić information content (AvgIpc) is 2.87. The molecule has 3 aromatic carbocycles. The monoisotopic (exact) mass is 482 g/mol. The largest absolute Gasteiger partial charge is 0.496 e. The van der Waals surface area contributed by atoms with Gasteiger partial charge in [0, 0.05) is 11.6 Å². The number of nitrogens with zero attached hydrogens (tertiary/aromatic N) is 1. The number of para-hydroxylation sites is 1. The standard InChI is InChI=1S/C25H26N2O6S/c1-18(21-10-6-7-11-22(21)31-2)26-25(28)17-27(34(29,30)20-8-4-3-5-9-20)19-12-13-23-24(16-19)33-15-14-32-23/h3-13,16,18H,14-15,17H2,1-2H3,(H,26,28)/t18-/m1/s1. The third-order valence-electron chi connectivity index (χ3n) is 5.42. The van der Waals surface area contributed by atoms with E-state index in [-0.39, 0.29) is 4.90 Å². The van der Waals surface area contributed by atoms with Gasteiger partial charge in [-0.05, 0) is 37.3 Å². The molecule has 3 aromatic rings. The van der Waals surface area contributed by atoms with Crippen LogP contribution in [0.25, 0.3) is 0 Å². The summed E-state index contributed by atoms with van der Waals surface area (Å²) in [5.74, 6) is 1.13. The Bertz CT molecular complexity index is 1260. The first-order valence-electron chi connectivity index (χ1n) is 10.8. The second kappa shape index (κ2) is 10.0. The van der Waals surface area contributed by atoms with Crippen LogP contribution in [0.3, 0.4) is 0 Å². The van der Waals surface area contributed by atoms with E-state index < -0.39 is 28.5 Å². The number of carbonyl (C=O) groups is 1. The van der Waals surface area contributed by atoms with Gasteiger partial charge in [-0.3, -0.25) is 9.10 Å². The summed E-state index contributed by atoms with van der Waals surface area (Å²) in [6.45, 7) is 2.17. The summed E-state index contributed by atoms with van der Waals surface area (Å²) in [6, 6.07) is 19.8. The quantitative estimate of drug-likeness (QED) is 0.528. The van der Waals surface area contributed by atoms with Gasteiger partial charge in [0.05, 0.1) is 23.7 Å². The maximum atomic E-state index is 13.5. The number of hydrogen-bond donors (Lipinski definition) is 1. The van der Waals surface area contributed by atoms with Gasteiger partial charge >= 0.3 is 0 Å². The number of carbonyl (C=O) groups excluding carboxylic acids is 1. The SMILES string of the molecule is COc1ccccc1[C@@H](C)NC(=O)CN(c1ccc2c(c1)OCCO2)S(=O)(=O)c1ccccc1. The number of hydrogen-bond acceptors (Lipinski definition) is 6. The summed E-state index contributed by atoms with van der Waals surface area (Å²) in [4.78, 5) is 13.1. The highest BCUT2D eigenvalue weighted by molar-refractivity contribution is 7.92. The van der Waals surface area contributed by atoms with Gasteiger partial charge in [0.1, 0.15) is 25.5 Å². The van der Waals surface area contributed by atoms with Gasteiger partial charge in [-0.1, -0.05) is 36.4 Å². The number of fused-ring (bicyclic) bond motifs is 1. The minimum Gasteiger partial charge on any atom is -0.496 e. The number of amides is 1. The lowest BCUT2D eigenvalue weighted by atomic mass is 10.1. The number of ether oxygens (including phenoxy) is 3. The molecule has 0 aromatic heterocycles. The maximum absolute atomic E-state index is 13.5. The first kappa shape index (κ1) is 23.4.